The zero-order valence-corrected chi connectivity index (χ0v) is 6.16. The summed E-state index contributed by atoms with van der Waals surface area (Å²) in [5.41, 5.74) is 2.39. The van der Waals surface area contributed by atoms with Crippen LogP contribution in [0.2, 0.25) is 0 Å². The lowest BCUT2D eigenvalue weighted by Gasteiger charge is -2.04. The molecule has 0 aromatic heterocycles. The van der Waals surface area contributed by atoms with Crippen LogP contribution in [-0.2, 0) is 5.11 Å². The molecule has 11 heavy (non-hydrogen) atoms. The molecule has 55 valence electrons. The molecule has 1 atom stereocenters. The van der Waals surface area contributed by atoms with Gasteiger partial charge in [0, 0.05) is 5.92 Å². The van der Waals surface area contributed by atoms with Gasteiger partial charge < -0.3 is 0 Å². The number of rotatable bonds is 1. The maximum absolute atomic E-state index is 10.6. The van der Waals surface area contributed by atoms with E-state index < -0.39 is 0 Å². The third-order valence-electron chi connectivity index (χ3n) is 2.08. The van der Waals surface area contributed by atoms with E-state index in [4.69, 9.17) is 0 Å². The van der Waals surface area contributed by atoms with Gasteiger partial charge in [0.05, 0.1) is 6.61 Å². The SMILES string of the molecule is [O]CC1C=Cc2ccccc21. The lowest BCUT2D eigenvalue weighted by Crippen LogP contribution is -1.96. The topological polar surface area (TPSA) is 19.9 Å². The van der Waals surface area contributed by atoms with Crippen LogP contribution in [0.1, 0.15) is 17.0 Å². The molecule has 0 heterocycles. The highest BCUT2D eigenvalue weighted by Crippen LogP contribution is 2.28. The van der Waals surface area contributed by atoms with Gasteiger partial charge in [0.25, 0.3) is 0 Å². The van der Waals surface area contributed by atoms with Gasteiger partial charge in [-0.15, -0.1) is 0 Å². The van der Waals surface area contributed by atoms with Crippen LogP contribution in [0.5, 0.6) is 0 Å². The van der Waals surface area contributed by atoms with Gasteiger partial charge >= 0.3 is 0 Å². The molecule has 0 saturated heterocycles. The van der Waals surface area contributed by atoms with Crippen LogP contribution in [0.3, 0.4) is 0 Å². The molecule has 1 aliphatic rings. The molecule has 1 aromatic carbocycles. The summed E-state index contributed by atoms with van der Waals surface area (Å²) in [5, 5.41) is 10.6. The number of hydrogen-bond acceptors (Lipinski definition) is 0. The van der Waals surface area contributed by atoms with Crippen LogP contribution in [0.4, 0.5) is 0 Å². The first-order valence-corrected chi connectivity index (χ1v) is 3.77. The van der Waals surface area contributed by atoms with Crippen LogP contribution in [0, 0.1) is 0 Å². The van der Waals surface area contributed by atoms with Crippen molar-refractivity contribution in [3.63, 3.8) is 0 Å². The van der Waals surface area contributed by atoms with Gasteiger partial charge in [-0.1, -0.05) is 36.4 Å². The lowest BCUT2D eigenvalue weighted by molar-refractivity contribution is 0.186. The second-order valence-corrected chi connectivity index (χ2v) is 2.76. The van der Waals surface area contributed by atoms with Gasteiger partial charge in [0.15, 0.2) is 0 Å². The van der Waals surface area contributed by atoms with Crippen LogP contribution in [0.15, 0.2) is 30.3 Å². The van der Waals surface area contributed by atoms with Gasteiger partial charge in [0.1, 0.15) is 0 Å². The molecule has 1 heteroatoms. The molecule has 0 fully saturated rings. The minimum atomic E-state index is -0.0342. The molecular weight excluding hydrogens is 136 g/mol. The molecule has 1 unspecified atom stereocenters. The molecule has 1 aromatic rings. The summed E-state index contributed by atoms with van der Waals surface area (Å²) in [4.78, 5) is 0. The van der Waals surface area contributed by atoms with Crippen molar-refractivity contribution in [2.75, 3.05) is 6.61 Å². The molecular formula is C10H9O. The molecule has 1 aliphatic carbocycles. The summed E-state index contributed by atoms with van der Waals surface area (Å²) >= 11 is 0. The minimum absolute atomic E-state index is 0.0342. The van der Waals surface area contributed by atoms with Crippen LogP contribution in [0.25, 0.3) is 6.08 Å². The smallest absolute Gasteiger partial charge is 0.0925 e. The predicted octanol–water partition coefficient (Wildman–Crippen LogP) is 2.23. The van der Waals surface area contributed by atoms with Crippen molar-refractivity contribution in [1.29, 1.82) is 0 Å². The van der Waals surface area contributed by atoms with Crippen molar-refractivity contribution in [1.82, 2.24) is 0 Å². The Hall–Kier alpha value is -1.08. The van der Waals surface area contributed by atoms with Crippen LogP contribution >= 0.6 is 0 Å². The molecule has 0 amide bonds. The second kappa shape index (κ2) is 2.51. The minimum Gasteiger partial charge on any atom is -0.236 e. The molecule has 0 aliphatic heterocycles. The fourth-order valence-electron chi connectivity index (χ4n) is 1.47. The van der Waals surface area contributed by atoms with E-state index in [-0.39, 0.29) is 12.5 Å². The first kappa shape index (κ1) is 6.62. The van der Waals surface area contributed by atoms with E-state index >= 15 is 0 Å². The average molecular weight is 145 g/mol. The number of hydrogen-bond donors (Lipinski definition) is 0. The van der Waals surface area contributed by atoms with Crippen LogP contribution < -0.4 is 0 Å². The maximum Gasteiger partial charge on any atom is 0.0925 e. The van der Waals surface area contributed by atoms with E-state index in [9.17, 15) is 5.11 Å². The predicted molar refractivity (Wildman–Crippen MR) is 43.8 cm³/mol. The monoisotopic (exact) mass is 145 g/mol. The summed E-state index contributed by atoms with van der Waals surface area (Å²) in [7, 11) is 0. The van der Waals surface area contributed by atoms with E-state index in [2.05, 4.69) is 0 Å². The third kappa shape index (κ3) is 0.976. The largest absolute Gasteiger partial charge is 0.236 e. The van der Waals surface area contributed by atoms with E-state index in [1.54, 1.807) is 0 Å². The van der Waals surface area contributed by atoms with Gasteiger partial charge in [-0.25, -0.2) is 5.11 Å². The fraction of sp³-hybridized carbons (Fsp3) is 0.200. The summed E-state index contributed by atoms with van der Waals surface area (Å²) in [5.74, 6) is 0.117. The van der Waals surface area contributed by atoms with Crippen molar-refractivity contribution in [3.05, 3.63) is 41.5 Å². The summed E-state index contributed by atoms with van der Waals surface area (Å²) in [6.45, 7) is -0.0342. The van der Waals surface area contributed by atoms with Crippen molar-refractivity contribution in [2.24, 2.45) is 0 Å². The molecule has 0 saturated carbocycles. The Bertz CT molecular complexity index is 289. The first-order chi connectivity index (χ1) is 5.42. The fourth-order valence-corrected chi connectivity index (χ4v) is 1.47. The Labute approximate surface area is 66.0 Å². The Kier molecular flexibility index (Phi) is 1.51. The third-order valence-corrected chi connectivity index (χ3v) is 2.08. The normalized spacial score (nSPS) is 20.3. The van der Waals surface area contributed by atoms with E-state index in [1.165, 1.54) is 11.1 Å². The van der Waals surface area contributed by atoms with Crippen LogP contribution in [-0.4, -0.2) is 6.61 Å². The van der Waals surface area contributed by atoms with E-state index in [1.807, 2.05) is 36.4 Å². The Balaban J connectivity index is 2.46. The molecule has 1 nitrogen and oxygen atoms in total. The molecule has 0 spiro atoms. The summed E-state index contributed by atoms with van der Waals surface area (Å²) in [6.07, 6.45) is 4.01. The summed E-state index contributed by atoms with van der Waals surface area (Å²) < 4.78 is 0. The second-order valence-electron chi connectivity index (χ2n) is 2.76. The Morgan fingerprint density at radius 1 is 1.27 bits per heavy atom. The van der Waals surface area contributed by atoms with Gasteiger partial charge in [0.2, 0.25) is 0 Å². The highest BCUT2D eigenvalue weighted by Gasteiger charge is 2.15. The standard InChI is InChI=1S/C10H9O/c11-7-9-6-5-8-3-1-2-4-10(8)9/h1-6,9H,7H2. The summed E-state index contributed by atoms with van der Waals surface area (Å²) in [6, 6.07) is 8.05. The van der Waals surface area contributed by atoms with Crippen molar-refractivity contribution in [2.45, 2.75) is 5.92 Å². The van der Waals surface area contributed by atoms with E-state index in [0.29, 0.717) is 0 Å². The zero-order valence-electron chi connectivity index (χ0n) is 6.16. The van der Waals surface area contributed by atoms with Gasteiger partial charge in [-0.3, -0.25) is 0 Å². The molecule has 2 rings (SSSR count). The highest BCUT2D eigenvalue weighted by atomic mass is 16.3. The molecule has 0 bridgehead atoms. The first-order valence-electron chi connectivity index (χ1n) is 3.77. The Morgan fingerprint density at radius 2 is 2.09 bits per heavy atom. The number of benzene rings is 1. The van der Waals surface area contributed by atoms with Gasteiger partial charge in [-0.05, 0) is 11.1 Å². The van der Waals surface area contributed by atoms with Crippen molar-refractivity contribution < 1.29 is 5.11 Å². The maximum atomic E-state index is 10.6. The lowest BCUT2D eigenvalue weighted by atomic mass is 10.0. The van der Waals surface area contributed by atoms with Crippen molar-refractivity contribution in [3.8, 4) is 0 Å². The quantitative estimate of drug-likeness (QED) is 0.577. The average Bonchev–Trinajstić information content (AvgIpc) is 2.47. The van der Waals surface area contributed by atoms with Gasteiger partial charge in [-0.2, -0.15) is 0 Å². The molecule has 1 radical (unpaired) electrons. The Morgan fingerprint density at radius 3 is 2.91 bits per heavy atom. The highest BCUT2D eigenvalue weighted by molar-refractivity contribution is 5.62. The number of fused-ring (bicyclic) bond motifs is 1. The molecule has 0 N–H and O–H groups in total. The zero-order chi connectivity index (χ0) is 7.68. The van der Waals surface area contributed by atoms with Crippen molar-refractivity contribution >= 4 is 6.08 Å². The van der Waals surface area contributed by atoms with E-state index in [0.717, 1.165) is 0 Å².